The van der Waals surface area contributed by atoms with Crippen molar-refractivity contribution in [2.45, 2.75) is 26.2 Å². The van der Waals surface area contributed by atoms with Crippen LogP contribution in [0.2, 0.25) is 0 Å². The maximum atomic E-state index is 12.4. The van der Waals surface area contributed by atoms with E-state index in [9.17, 15) is 4.79 Å². The monoisotopic (exact) mass is 340 g/mol. The lowest BCUT2D eigenvalue weighted by Crippen LogP contribution is -2.33. The van der Waals surface area contributed by atoms with Crippen molar-refractivity contribution in [1.29, 1.82) is 0 Å². The highest BCUT2D eigenvalue weighted by molar-refractivity contribution is 9.10. The minimum Gasteiger partial charge on any atom is -0.356 e. The highest BCUT2D eigenvalue weighted by Crippen LogP contribution is 2.26. The molecule has 0 aromatic heterocycles. The Bertz CT molecular complexity index is 415. The van der Waals surface area contributed by atoms with Gasteiger partial charge in [-0.3, -0.25) is 4.79 Å². The standard InChI is InChI=1S/C16H25BrN2O/c1-12(2)15(13-6-8-14(17)9-7-13)16(20)18-10-5-11-19(3)4/h6-9,12,15H,5,10-11H2,1-4H3,(H,18,20). The molecular formula is C16H25BrN2O. The van der Waals surface area contributed by atoms with Crippen molar-refractivity contribution < 1.29 is 4.79 Å². The van der Waals surface area contributed by atoms with Crippen LogP contribution >= 0.6 is 15.9 Å². The topological polar surface area (TPSA) is 32.3 Å². The molecule has 0 radical (unpaired) electrons. The summed E-state index contributed by atoms with van der Waals surface area (Å²) in [5.41, 5.74) is 1.08. The second-order valence-corrected chi connectivity index (χ2v) is 6.64. The van der Waals surface area contributed by atoms with Crippen molar-refractivity contribution >= 4 is 21.8 Å². The highest BCUT2D eigenvalue weighted by atomic mass is 79.9. The fourth-order valence-electron chi connectivity index (χ4n) is 2.23. The number of amides is 1. The van der Waals surface area contributed by atoms with Gasteiger partial charge in [0, 0.05) is 11.0 Å². The zero-order chi connectivity index (χ0) is 15.1. The lowest BCUT2D eigenvalue weighted by Gasteiger charge is -2.21. The minimum absolute atomic E-state index is 0.0811. The number of hydrogen-bond acceptors (Lipinski definition) is 2. The molecule has 1 amide bonds. The first-order valence-electron chi connectivity index (χ1n) is 7.09. The van der Waals surface area contributed by atoms with Crippen molar-refractivity contribution in [3.05, 3.63) is 34.3 Å². The van der Waals surface area contributed by atoms with Gasteiger partial charge in [-0.05, 0) is 50.7 Å². The van der Waals surface area contributed by atoms with Gasteiger partial charge in [-0.1, -0.05) is 41.9 Å². The molecule has 4 heteroatoms. The van der Waals surface area contributed by atoms with Crippen molar-refractivity contribution in [3.63, 3.8) is 0 Å². The summed E-state index contributed by atoms with van der Waals surface area (Å²) in [4.78, 5) is 14.5. The number of hydrogen-bond donors (Lipinski definition) is 1. The molecule has 0 spiro atoms. The number of nitrogens with zero attached hydrogens (tertiary/aromatic N) is 1. The first-order valence-corrected chi connectivity index (χ1v) is 7.89. The number of carbonyl (C=O) groups is 1. The molecular weight excluding hydrogens is 316 g/mol. The lowest BCUT2D eigenvalue weighted by atomic mass is 9.87. The largest absolute Gasteiger partial charge is 0.356 e. The zero-order valence-corrected chi connectivity index (χ0v) is 14.4. The second-order valence-electron chi connectivity index (χ2n) is 5.72. The van der Waals surface area contributed by atoms with Crippen LogP contribution in [0.5, 0.6) is 0 Å². The molecule has 1 rings (SSSR count). The van der Waals surface area contributed by atoms with Crippen LogP contribution in [0.1, 0.15) is 31.7 Å². The Hall–Kier alpha value is -0.870. The van der Waals surface area contributed by atoms with Crippen LogP contribution in [0.4, 0.5) is 0 Å². The lowest BCUT2D eigenvalue weighted by molar-refractivity contribution is -0.123. The van der Waals surface area contributed by atoms with Gasteiger partial charge >= 0.3 is 0 Å². The van der Waals surface area contributed by atoms with E-state index in [1.54, 1.807) is 0 Å². The Balaban J connectivity index is 2.62. The first kappa shape index (κ1) is 17.2. The van der Waals surface area contributed by atoms with Crippen LogP contribution in [0.15, 0.2) is 28.7 Å². The highest BCUT2D eigenvalue weighted by Gasteiger charge is 2.23. The van der Waals surface area contributed by atoms with E-state index < -0.39 is 0 Å². The molecule has 0 heterocycles. The van der Waals surface area contributed by atoms with Crippen molar-refractivity contribution in [2.75, 3.05) is 27.2 Å². The molecule has 0 saturated carbocycles. The fraction of sp³-hybridized carbons (Fsp3) is 0.562. The number of nitrogens with one attached hydrogen (secondary N) is 1. The molecule has 0 saturated heterocycles. The Kier molecular flexibility index (Phi) is 7.24. The summed E-state index contributed by atoms with van der Waals surface area (Å²) in [6.45, 7) is 5.90. The van der Waals surface area contributed by atoms with Gasteiger partial charge in [0.15, 0.2) is 0 Å². The Morgan fingerprint density at radius 1 is 1.25 bits per heavy atom. The van der Waals surface area contributed by atoms with Gasteiger partial charge in [-0.2, -0.15) is 0 Å². The van der Waals surface area contributed by atoms with Crippen molar-refractivity contribution in [1.82, 2.24) is 10.2 Å². The average molecular weight is 341 g/mol. The van der Waals surface area contributed by atoms with Crippen LogP contribution in [0, 0.1) is 5.92 Å². The minimum atomic E-state index is -0.0811. The SMILES string of the molecule is CC(C)C(C(=O)NCCCN(C)C)c1ccc(Br)cc1. The summed E-state index contributed by atoms with van der Waals surface area (Å²) >= 11 is 3.43. The van der Waals surface area contributed by atoms with Crippen LogP contribution in [0.25, 0.3) is 0 Å². The van der Waals surface area contributed by atoms with E-state index in [0.717, 1.165) is 29.5 Å². The third-order valence-corrected chi connectivity index (χ3v) is 3.79. The maximum absolute atomic E-state index is 12.4. The first-order chi connectivity index (χ1) is 9.41. The zero-order valence-electron chi connectivity index (χ0n) is 12.8. The molecule has 0 bridgehead atoms. The summed E-state index contributed by atoms with van der Waals surface area (Å²) < 4.78 is 1.04. The smallest absolute Gasteiger partial charge is 0.227 e. The molecule has 3 nitrogen and oxygen atoms in total. The van der Waals surface area contributed by atoms with Crippen LogP contribution in [-0.2, 0) is 4.79 Å². The number of halogens is 1. The van der Waals surface area contributed by atoms with Gasteiger partial charge in [0.25, 0.3) is 0 Å². The summed E-state index contributed by atoms with van der Waals surface area (Å²) in [6.07, 6.45) is 0.976. The Morgan fingerprint density at radius 2 is 1.85 bits per heavy atom. The van der Waals surface area contributed by atoms with Gasteiger partial charge < -0.3 is 10.2 Å². The molecule has 1 N–H and O–H groups in total. The average Bonchev–Trinajstić information content (AvgIpc) is 2.36. The maximum Gasteiger partial charge on any atom is 0.227 e. The number of benzene rings is 1. The molecule has 1 aromatic carbocycles. The van der Waals surface area contributed by atoms with Gasteiger partial charge in [0.05, 0.1) is 5.92 Å². The third kappa shape index (κ3) is 5.63. The van der Waals surface area contributed by atoms with Gasteiger partial charge in [-0.15, -0.1) is 0 Å². The van der Waals surface area contributed by atoms with E-state index >= 15 is 0 Å². The molecule has 20 heavy (non-hydrogen) atoms. The molecule has 0 aliphatic rings. The molecule has 1 unspecified atom stereocenters. The van der Waals surface area contributed by atoms with Crippen molar-refractivity contribution in [2.24, 2.45) is 5.92 Å². The Morgan fingerprint density at radius 3 is 2.35 bits per heavy atom. The Labute approximate surface area is 130 Å². The molecule has 112 valence electrons. The van der Waals surface area contributed by atoms with E-state index in [4.69, 9.17) is 0 Å². The quantitative estimate of drug-likeness (QED) is 0.772. The summed E-state index contributed by atoms with van der Waals surface area (Å²) in [6, 6.07) is 8.02. The van der Waals surface area contributed by atoms with E-state index in [1.165, 1.54) is 0 Å². The summed E-state index contributed by atoms with van der Waals surface area (Å²) in [7, 11) is 4.08. The third-order valence-electron chi connectivity index (χ3n) is 3.26. The van der Waals surface area contributed by atoms with Crippen molar-refractivity contribution in [3.8, 4) is 0 Å². The molecule has 1 atom stereocenters. The van der Waals surface area contributed by atoms with E-state index in [2.05, 4.69) is 40.0 Å². The van der Waals surface area contributed by atoms with E-state index in [0.29, 0.717) is 0 Å². The van der Waals surface area contributed by atoms with Gasteiger partial charge in [0.2, 0.25) is 5.91 Å². The van der Waals surface area contributed by atoms with Gasteiger partial charge in [0.1, 0.15) is 0 Å². The predicted octanol–water partition coefficient (Wildman–Crippen LogP) is 3.26. The predicted molar refractivity (Wildman–Crippen MR) is 87.9 cm³/mol. The number of carbonyl (C=O) groups excluding carboxylic acids is 1. The molecule has 0 aliphatic carbocycles. The van der Waals surface area contributed by atoms with Crippen LogP contribution < -0.4 is 5.32 Å². The normalized spacial score (nSPS) is 12.8. The van der Waals surface area contributed by atoms with Gasteiger partial charge in [-0.25, -0.2) is 0 Å². The molecule has 0 aliphatic heterocycles. The van der Waals surface area contributed by atoms with E-state index in [-0.39, 0.29) is 17.7 Å². The van der Waals surface area contributed by atoms with Crippen LogP contribution in [0.3, 0.4) is 0 Å². The second kappa shape index (κ2) is 8.42. The van der Waals surface area contributed by atoms with E-state index in [1.807, 2.05) is 38.4 Å². The van der Waals surface area contributed by atoms with Crippen LogP contribution in [-0.4, -0.2) is 38.0 Å². The summed E-state index contributed by atoms with van der Waals surface area (Å²) in [5.74, 6) is 0.327. The fourth-order valence-corrected chi connectivity index (χ4v) is 2.49. The summed E-state index contributed by atoms with van der Waals surface area (Å²) in [5, 5.41) is 3.06. The number of rotatable bonds is 7. The molecule has 1 aromatic rings. The molecule has 0 fully saturated rings.